The third-order valence-corrected chi connectivity index (χ3v) is 15.6. The van der Waals surface area contributed by atoms with Crippen LogP contribution in [-0.4, -0.2) is 14.7 Å². The van der Waals surface area contributed by atoms with E-state index in [1.807, 2.05) is 0 Å². The predicted octanol–water partition coefficient (Wildman–Crippen LogP) is 16.8. The molecule has 0 saturated carbocycles. The lowest BCUT2D eigenvalue weighted by atomic mass is 9.70. The zero-order valence-electron chi connectivity index (χ0n) is 38.2. The van der Waals surface area contributed by atoms with E-state index in [1.165, 1.54) is 87.8 Å². The first kappa shape index (κ1) is 38.6. The van der Waals surface area contributed by atoms with Gasteiger partial charge in [0, 0.05) is 49.7 Å². The summed E-state index contributed by atoms with van der Waals surface area (Å²) < 4.78 is 11.8. The molecule has 69 heavy (non-hydrogen) atoms. The molecule has 9 aromatic carbocycles. The van der Waals surface area contributed by atoms with Crippen molar-refractivity contribution in [1.29, 1.82) is 0 Å². The Morgan fingerprint density at radius 1 is 0.522 bits per heavy atom. The standard InChI is InChI=1S/C65H45N3O/c1-39-51(35-40-17-4-2-5-18-40)45-22-9-8-21-44(45)46-33-32-43(36-52(39)46)64-62-50-25-12-15-28-58(50)69-59(62)29-16-30-60(66-64)67-54-26-13-10-23-48(54)61-57(67)38-53-47-34-31-42(41-19-6-3-7-20-41)37-56(47)68-55-27-14-11-24-49(55)63(61)65(53)68/h2-15,17-28,30-34,36-39,51H,16,29,35H2,1H3/b60-30+,66-64-. The van der Waals surface area contributed by atoms with Crippen LogP contribution in [0.2, 0.25) is 0 Å². The van der Waals surface area contributed by atoms with E-state index < -0.39 is 0 Å². The number of allylic oxidation sites excluding steroid dienone is 1. The van der Waals surface area contributed by atoms with Gasteiger partial charge in [-0.15, -0.1) is 0 Å². The third-order valence-electron chi connectivity index (χ3n) is 15.6. The van der Waals surface area contributed by atoms with Gasteiger partial charge in [-0.3, -0.25) is 4.57 Å². The molecule has 0 radical (unpaired) electrons. The summed E-state index contributed by atoms with van der Waals surface area (Å²) >= 11 is 0. The molecular formula is C65H45N3O. The maximum atomic E-state index is 6.77. The number of aryl methyl sites for hydroxylation is 1. The molecule has 15 rings (SSSR count). The maximum Gasteiger partial charge on any atom is 0.134 e. The molecule has 4 heteroatoms. The van der Waals surface area contributed by atoms with Crippen molar-refractivity contribution in [2.45, 2.75) is 38.0 Å². The molecule has 1 aliphatic carbocycles. The molecule has 2 unspecified atom stereocenters. The number of furan rings is 1. The van der Waals surface area contributed by atoms with Crippen LogP contribution in [0.5, 0.6) is 0 Å². The molecule has 4 nitrogen and oxygen atoms in total. The Hall–Kier alpha value is -8.47. The summed E-state index contributed by atoms with van der Waals surface area (Å²) in [6.07, 6.45) is 4.87. The summed E-state index contributed by atoms with van der Waals surface area (Å²) in [6.45, 7) is 2.43. The van der Waals surface area contributed by atoms with Crippen LogP contribution in [0.15, 0.2) is 216 Å². The highest BCUT2D eigenvalue weighted by Crippen LogP contribution is 2.50. The first-order valence-electron chi connectivity index (χ1n) is 24.4. The lowest BCUT2D eigenvalue weighted by Crippen LogP contribution is -2.19. The normalized spacial score (nSPS) is 17.5. The van der Waals surface area contributed by atoms with Crippen molar-refractivity contribution in [3.63, 3.8) is 0 Å². The minimum Gasteiger partial charge on any atom is -0.460 e. The summed E-state index contributed by atoms with van der Waals surface area (Å²) in [6, 6.07) is 73.8. The predicted molar refractivity (Wildman–Crippen MR) is 287 cm³/mol. The van der Waals surface area contributed by atoms with Crippen LogP contribution < -0.4 is 0 Å². The van der Waals surface area contributed by atoms with E-state index in [0.717, 1.165) is 69.7 Å². The summed E-state index contributed by atoms with van der Waals surface area (Å²) in [5, 5.41) is 8.64. The first-order chi connectivity index (χ1) is 34.2. The van der Waals surface area contributed by atoms with E-state index in [0.29, 0.717) is 5.92 Å². The Labute approximate surface area is 399 Å². The van der Waals surface area contributed by atoms with Crippen LogP contribution in [0.4, 0.5) is 0 Å². The number of benzene rings is 9. The van der Waals surface area contributed by atoms with Gasteiger partial charge >= 0.3 is 0 Å². The second-order valence-electron chi connectivity index (χ2n) is 19.3. The van der Waals surface area contributed by atoms with Crippen molar-refractivity contribution in [3.05, 3.63) is 240 Å². The fourth-order valence-corrected chi connectivity index (χ4v) is 12.5. The molecule has 0 saturated heterocycles. The Kier molecular flexibility index (Phi) is 8.26. The van der Waals surface area contributed by atoms with E-state index in [9.17, 15) is 0 Å². The quantitative estimate of drug-likeness (QED) is 0.170. The number of hydrogen-bond acceptors (Lipinski definition) is 2. The van der Waals surface area contributed by atoms with Crippen LogP contribution in [0.3, 0.4) is 0 Å². The smallest absolute Gasteiger partial charge is 0.134 e. The monoisotopic (exact) mass is 883 g/mol. The maximum absolute atomic E-state index is 6.77. The van der Waals surface area contributed by atoms with Crippen molar-refractivity contribution < 1.29 is 4.42 Å². The lowest BCUT2D eigenvalue weighted by Gasteiger charge is -2.34. The number of aromatic nitrogens is 2. The molecule has 0 N–H and O–H groups in total. The summed E-state index contributed by atoms with van der Waals surface area (Å²) in [7, 11) is 0. The fraction of sp³-hybridized carbons (Fsp3) is 0.0923. The van der Waals surface area contributed by atoms with Crippen LogP contribution in [0, 0.1) is 0 Å². The van der Waals surface area contributed by atoms with Crippen LogP contribution >= 0.6 is 0 Å². The van der Waals surface area contributed by atoms with Gasteiger partial charge in [0.2, 0.25) is 0 Å². The molecule has 4 aromatic heterocycles. The van der Waals surface area contributed by atoms with Gasteiger partial charge in [-0.25, -0.2) is 4.99 Å². The second kappa shape index (κ2) is 14.8. The lowest BCUT2D eigenvalue weighted by molar-refractivity contribution is 0.548. The van der Waals surface area contributed by atoms with Crippen LogP contribution in [0.25, 0.3) is 98.9 Å². The van der Waals surface area contributed by atoms with Gasteiger partial charge in [0.25, 0.3) is 0 Å². The zero-order valence-corrected chi connectivity index (χ0v) is 38.2. The summed E-state index contributed by atoms with van der Waals surface area (Å²) in [5.41, 5.74) is 19.3. The number of hydrogen-bond donors (Lipinski definition) is 0. The number of para-hydroxylation sites is 3. The highest BCUT2D eigenvalue weighted by atomic mass is 16.3. The second-order valence-corrected chi connectivity index (χ2v) is 19.3. The van der Waals surface area contributed by atoms with Crippen LogP contribution in [-0.2, 0) is 12.8 Å². The van der Waals surface area contributed by atoms with E-state index in [2.05, 4.69) is 222 Å². The van der Waals surface area contributed by atoms with Crippen molar-refractivity contribution >= 4 is 82.4 Å². The average molecular weight is 884 g/mol. The van der Waals surface area contributed by atoms with E-state index >= 15 is 0 Å². The Bertz CT molecular complexity index is 4300. The van der Waals surface area contributed by atoms with Crippen molar-refractivity contribution in [1.82, 2.24) is 8.97 Å². The third kappa shape index (κ3) is 5.60. The van der Waals surface area contributed by atoms with Gasteiger partial charge in [-0.1, -0.05) is 171 Å². The highest BCUT2D eigenvalue weighted by Gasteiger charge is 2.33. The minimum absolute atomic E-state index is 0.279. The molecule has 5 heterocycles. The molecule has 0 bridgehead atoms. The van der Waals surface area contributed by atoms with Gasteiger partial charge < -0.3 is 8.82 Å². The van der Waals surface area contributed by atoms with Crippen molar-refractivity contribution in [2.75, 3.05) is 0 Å². The van der Waals surface area contributed by atoms with Gasteiger partial charge in [0.15, 0.2) is 0 Å². The molecule has 1 aliphatic heterocycles. The zero-order chi connectivity index (χ0) is 45.3. The Morgan fingerprint density at radius 2 is 1.22 bits per heavy atom. The molecule has 0 spiro atoms. The number of rotatable bonds is 5. The molecular weight excluding hydrogens is 839 g/mol. The van der Waals surface area contributed by atoms with E-state index in [-0.39, 0.29) is 5.92 Å². The highest BCUT2D eigenvalue weighted by molar-refractivity contribution is 6.36. The number of fused-ring (bicyclic) bond motifs is 16. The Balaban J connectivity index is 0.994. The fourth-order valence-electron chi connectivity index (χ4n) is 12.5. The van der Waals surface area contributed by atoms with Crippen molar-refractivity contribution in [2.24, 2.45) is 4.99 Å². The van der Waals surface area contributed by atoms with Gasteiger partial charge in [0.05, 0.1) is 38.9 Å². The first-order valence-corrected chi connectivity index (χ1v) is 24.4. The molecule has 0 amide bonds. The average Bonchev–Trinajstić information content (AvgIpc) is 4.13. The van der Waals surface area contributed by atoms with Gasteiger partial charge in [-0.2, -0.15) is 0 Å². The molecule has 2 aliphatic rings. The molecule has 2 atom stereocenters. The Morgan fingerprint density at radius 3 is 2.07 bits per heavy atom. The minimum atomic E-state index is 0.279. The van der Waals surface area contributed by atoms with Crippen LogP contribution in [0.1, 0.15) is 58.8 Å². The summed E-state index contributed by atoms with van der Waals surface area (Å²) in [5.74, 6) is 2.53. The largest absolute Gasteiger partial charge is 0.460 e. The van der Waals surface area contributed by atoms with Gasteiger partial charge in [0.1, 0.15) is 17.2 Å². The number of nitrogens with zero attached hydrogens (tertiary/aromatic N) is 3. The summed E-state index contributed by atoms with van der Waals surface area (Å²) in [4.78, 5) is 5.98. The molecule has 326 valence electrons. The molecule has 0 fully saturated rings. The van der Waals surface area contributed by atoms with Crippen molar-refractivity contribution in [3.8, 4) is 22.3 Å². The number of aliphatic imine (C=N–C) groups is 1. The SMILES string of the molecule is CC1c2cc(/C3=N/C(n4c5ccccc5c5c6c7ccccc7n7c8cc(-c9ccccc9)ccc8c(cc54)c67)=C\CCc4oc5ccccc5c43)ccc2-c2ccccc2C1Cc1ccccc1. The van der Waals surface area contributed by atoms with E-state index in [1.54, 1.807) is 0 Å². The molecule has 13 aromatic rings. The van der Waals surface area contributed by atoms with E-state index in [4.69, 9.17) is 9.41 Å². The van der Waals surface area contributed by atoms with Gasteiger partial charge in [-0.05, 0) is 106 Å². The topological polar surface area (TPSA) is 34.8 Å².